The average molecular weight is 282 g/mol. The molecule has 0 amide bonds. The molecule has 0 bridgehead atoms. The second-order valence-electron chi connectivity index (χ2n) is 5.58. The number of nitrogens with zero attached hydrogens (tertiary/aromatic N) is 1. The van der Waals surface area contributed by atoms with Crippen molar-refractivity contribution < 1.29 is 4.74 Å². The van der Waals surface area contributed by atoms with Gasteiger partial charge < -0.3 is 15.0 Å². The van der Waals surface area contributed by atoms with E-state index >= 15 is 0 Å². The number of rotatable bonds is 4. The zero-order valence-electron chi connectivity index (χ0n) is 12.7. The van der Waals surface area contributed by atoms with Crippen LogP contribution in [0.2, 0.25) is 0 Å². The van der Waals surface area contributed by atoms with Gasteiger partial charge in [0, 0.05) is 37.4 Å². The number of methoxy groups -OCH3 is 1. The molecule has 0 saturated carbocycles. The summed E-state index contributed by atoms with van der Waals surface area (Å²) in [5.74, 6) is 1.48. The number of likely N-dealkylation sites (N-methyl/N-ethyl adjacent to an activating group) is 1. The average Bonchev–Trinajstić information content (AvgIpc) is 2.55. The first-order valence-corrected chi connectivity index (χ1v) is 7.46. The summed E-state index contributed by atoms with van der Waals surface area (Å²) in [5.41, 5.74) is 3.95. The lowest BCUT2D eigenvalue weighted by Crippen LogP contribution is -2.28. The molecule has 21 heavy (non-hydrogen) atoms. The Bertz CT molecular complexity index is 594. The van der Waals surface area contributed by atoms with Gasteiger partial charge in [0.15, 0.2) is 0 Å². The number of hydrogen-bond donors (Lipinski definition) is 1. The minimum absolute atomic E-state index is 0.578. The highest BCUT2D eigenvalue weighted by atomic mass is 16.5. The predicted octanol–water partition coefficient (Wildman–Crippen LogP) is 3.73. The maximum absolute atomic E-state index is 5.22. The molecule has 1 atom stereocenters. The van der Waals surface area contributed by atoms with Crippen LogP contribution in [0, 0.1) is 0 Å². The molecule has 0 aliphatic carbocycles. The molecule has 1 N–H and O–H groups in total. The Morgan fingerprint density at radius 2 is 1.90 bits per heavy atom. The molecule has 0 saturated heterocycles. The Morgan fingerprint density at radius 1 is 1.14 bits per heavy atom. The van der Waals surface area contributed by atoms with E-state index in [2.05, 4.69) is 53.7 Å². The molecule has 0 spiro atoms. The van der Waals surface area contributed by atoms with Crippen molar-refractivity contribution >= 4 is 11.4 Å². The van der Waals surface area contributed by atoms with Crippen LogP contribution in [0.3, 0.4) is 0 Å². The fourth-order valence-electron chi connectivity index (χ4n) is 3.01. The second kappa shape index (κ2) is 6.08. The van der Waals surface area contributed by atoms with E-state index in [1.54, 1.807) is 7.11 Å². The van der Waals surface area contributed by atoms with Crippen LogP contribution in [0.1, 0.15) is 17.9 Å². The van der Waals surface area contributed by atoms with Crippen molar-refractivity contribution in [2.75, 3.05) is 37.5 Å². The summed E-state index contributed by atoms with van der Waals surface area (Å²) in [5, 5.41) is 3.49. The second-order valence-corrected chi connectivity index (χ2v) is 5.58. The molecule has 2 aromatic carbocycles. The van der Waals surface area contributed by atoms with E-state index in [1.165, 1.54) is 23.4 Å². The summed E-state index contributed by atoms with van der Waals surface area (Å²) in [6, 6.07) is 16.9. The highest BCUT2D eigenvalue weighted by Gasteiger charge is 2.20. The van der Waals surface area contributed by atoms with E-state index in [9.17, 15) is 0 Å². The monoisotopic (exact) mass is 282 g/mol. The predicted molar refractivity (Wildman–Crippen MR) is 88.6 cm³/mol. The Kier molecular flexibility index (Phi) is 4.00. The Hall–Kier alpha value is -2.16. The number of benzene rings is 2. The van der Waals surface area contributed by atoms with Gasteiger partial charge >= 0.3 is 0 Å². The minimum Gasteiger partial charge on any atom is -0.497 e. The van der Waals surface area contributed by atoms with E-state index in [-0.39, 0.29) is 0 Å². The normalized spacial score (nSPS) is 16.8. The maximum Gasteiger partial charge on any atom is 0.119 e. The van der Waals surface area contributed by atoms with E-state index in [0.717, 1.165) is 18.8 Å². The number of fused-ring (bicyclic) bond motifs is 1. The molecule has 110 valence electrons. The van der Waals surface area contributed by atoms with Crippen molar-refractivity contribution in [2.24, 2.45) is 0 Å². The molecular formula is C18H22N2O. The van der Waals surface area contributed by atoms with Crippen LogP contribution in [-0.2, 0) is 0 Å². The zero-order chi connectivity index (χ0) is 14.7. The molecule has 3 rings (SSSR count). The lowest BCUT2D eigenvalue weighted by molar-refractivity contribution is 0.415. The Balaban J connectivity index is 1.74. The SMILES string of the molecule is COc1ccc(N(C)CC2CCNc3ccccc32)cc1. The van der Waals surface area contributed by atoms with Gasteiger partial charge in [-0.15, -0.1) is 0 Å². The first-order chi connectivity index (χ1) is 10.3. The van der Waals surface area contributed by atoms with Crippen LogP contribution in [0.15, 0.2) is 48.5 Å². The van der Waals surface area contributed by atoms with Gasteiger partial charge in [-0.2, -0.15) is 0 Å². The molecule has 3 nitrogen and oxygen atoms in total. The van der Waals surface area contributed by atoms with E-state index in [1.807, 2.05) is 12.1 Å². The molecule has 1 aliphatic heterocycles. The molecule has 0 radical (unpaired) electrons. The largest absolute Gasteiger partial charge is 0.497 e. The van der Waals surface area contributed by atoms with Gasteiger partial charge in [0.25, 0.3) is 0 Å². The lowest BCUT2D eigenvalue weighted by atomic mass is 9.90. The summed E-state index contributed by atoms with van der Waals surface area (Å²) in [6.07, 6.45) is 1.18. The summed E-state index contributed by atoms with van der Waals surface area (Å²) in [6.45, 7) is 2.09. The van der Waals surface area contributed by atoms with Gasteiger partial charge in [0.05, 0.1) is 7.11 Å². The van der Waals surface area contributed by atoms with Gasteiger partial charge in [0.2, 0.25) is 0 Å². The van der Waals surface area contributed by atoms with Crippen LogP contribution in [0.25, 0.3) is 0 Å². The van der Waals surface area contributed by atoms with Crippen molar-refractivity contribution in [3.63, 3.8) is 0 Å². The molecule has 1 heterocycles. The van der Waals surface area contributed by atoms with E-state index in [4.69, 9.17) is 4.74 Å². The highest BCUT2D eigenvalue weighted by molar-refractivity contribution is 5.56. The van der Waals surface area contributed by atoms with Crippen molar-refractivity contribution in [3.05, 3.63) is 54.1 Å². The first-order valence-electron chi connectivity index (χ1n) is 7.46. The van der Waals surface area contributed by atoms with E-state index < -0.39 is 0 Å². The summed E-state index contributed by atoms with van der Waals surface area (Å²) < 4.78 is 5.22. The molecule has 0 aromatic heterocycles. The minimum atomic E-state index is 0.578. The van der Waals surface area contributed by atoms with Gasteiger partial charge in [-0.3, -0.25) is 0 Å². The van der Waals surface area contributed by atoms with Crippen molar-refractivity contribution in [2.45, 2.75) is 12.3 Å². The standard InChI is InChI=1S/C18H22N2O/c1-20(15-7-9-16(21-2)10-8-15)13-14-11-12-19-18-6-4-3-5-17(14)18/h3-10,14,19H,11-13H2,1-2H3. The van der Waals surface area contributed by atoms with Crippen molar-refractivity contribution in [1.82, 2.24) is 0 Å². The topological polar surface area (TPSA) is 24.5 Å². The molecule has 3 heteroatoms. The van der Waals surface area contributed by atoms with Crippen LogP contribution in [0.5, 0.6) is 5.75 Å². The van der Waals surface area contributed by atoms with Gasteiger partial charge in [-0.25, -0.2) is 0 Å². The fraction of sp³-hybridized carbons (Fsp3) is 0.333. The molecular weight excluding hydrogens is 260 g/mol. The molecule has 1 aliphatic rings. The Morgan fingerprint density at radius 3 is 2.67 bits per heavy atom. The first kappa shape index (κ1) is 13.8. The van der Waals surface area contributed by atoms with Gasteiger partial charge in [-0.1, -0.05) is 18.2 Å². The molecule has 0 fully saturated rings. The Labute approximate surface area is 126 Å². The number of hydrogen-bond acceptors (Lipinski definition) is 3. The quantitative estimate of drug-likeness (QED) is 0.924. The van der Waals surface area contributed by atoms with Gasteiger partial charge in [0.1, 0.15) is 5.75 Å². The third kappa shape index (κ3) is 2.97. The van der Waals surface area contributed by atoms with Crippen LogP contribution in [0.4, 0.5) is 11.4 Å². The maximum atomic E-state index is 5.22. The highest BCUT2D eigenvalue weighted by Crippen LogP contribution is 2.32. The number of ether oxygens (including phenoxy) is 1. The zero-order valence-corrected chi connectivity index (χ0v) is 12.7. The van der Waals surface area contributed by atoms with Crippen LogP contribution < -0.4 is 15.0 Å². The van der Waals surface area contributed by atoms with Crippen LogP contribution in [-0.4, -0.2) is 27.2 Å². The molecule has 1 unspecified atom stereocenters. The van der Waals surface area contributed by atoms with Crippen molar-refractivity contribution in [1.29, 1.82) is 0 Å². The number of nitrogens with one attached hydrogen (secondary N) is 1. The number of para-hydroxylation sites is 1. The number of anilines is 2. The summed E-state index contributed by atoms with van der Waals surface area (Å²) in [4.78, 5) is 2.33. The lowest BCUT2D eigenvalue weighted by Gasteiger charge is -2.31. The molecule has 2 aromatic rings. The fourth-order valence-corrected chi connectivity index (χ4v) is 3.01. The summed E-state index contributed by atoms with van der Waals surface area (Å²) >= 11 is 0. The van der Waals surface area contributed by atoms with Crippen molar-refractivity contribution in [3.8, 4) is 5.75 Å². The third-order valence-electron chi connectivity index (χ3n) is 4.22. The van der Waals surface area contributed by atoms with Crippen LogP contribution >= 0.6 is 0 Å². The van der Waals surface area contributed by atoms with E-state index in [0.29, 0.717) is 5.92 Å². The van der Waals surface area contributed by atoms with Gasteiger partial charge in [-0.05, 0) is 42.3 Å². The third-order valence-corrected chi connectivity index (χ3v) is 4.22. The smallest absolute Gasteiger partial charge is 0.119 e. The summed E-state index contributed by atoms with van der Waals surface area (Å²) in [7, 11) is 3.86.